The Hall–Kier alpha value is -2.91. The highest BCUT2D eigenvalue weighted by Gasteiger charge is 2.14. The van der Waals surface area contributed by atoms with Gasteiger partial charge in [-0.25, -0.2) is 4.79 Å². The van der Waals surface area contributed by atoms with Gasteiger partial charge in [-0.1, -0.05) is 30.4 Å². The summed E-state index contributed by atoms with van der Waals surface area (Å²) in [5.74, 6) is -0.268. The van der Waals surface area contributed by atoms with Gasteiger partial charge in [-0.15, -0.1) is 11.8 Å². The summed E-state index contributed by atoms with van der Waals surface area (Å²) in [4.78, 5) is 42.2. The van der Waals surface area contributed by atoms with E-state index < -0.39 is 11.9 Å². The molecule has 31 heavy (non-hydrogen) atoms. The Morgan fingerprint density at radius 3 is 2.45 bits per heavy atom. The summed E-state index contributed by atoms with van der Waals surface area (Å²) in [7, 11) is 2.61. The second-order valence-corrected chi connectivity index (χ2v) is 8.83. The lowest BCUT2D eigenvalue weighted by molar-refractivity contribution is -0.141. The van der Waals surface area contributed by atoms with E-state index in [1.54, 1.807) is 34.5 Å². The number of thiazole rings is 1. The third kappa shape index (κ3) is 5.62. The number of carbonyl (C=O) groups excluding carboxylic acids is 3. The van der Waals surface area contributed by atoms with Crippen LogP contribution in [0.1, 0.15) is 22.8 Å². The van der Waals surface area contributed by atoms with E-state index in [2.05, 4.69) is 11.9 Å². The summed E-state index contributed by atoms with van der Waals surface area (Å²) >= 11 is 2.96. The first-order valence-electron chi connectivity index (χ1n) is 9.53. The van der Waals surface area contributed by atoms with Gasteiger partial charge in [0.25, 0.3) is 5.91 Å². The van der Waals surface area contributed by atoms with Crippen LogP contribution in [0, 0.1) is 0 Å². The van der Waals surface area contributed by atoms with Gasteiger partial charge in [-0.3, -0.25) is 9.59 Å². The van der Waals surface area contributed by atoms with E-state index in [1.807, 2.05) is 24.3 Å². The van der Waals surface area contributed by atoms with Crippen LogP contribution >= 0.6 is 23.1 Å². The number of rotatable bonds is 7. The van der Waals surface area contributed by atoms with E-state index in [0.717, 1.165) is 16.2 Å². The zero-order valence-electron chi connectivity index (χ0n) is 17.4. The van der Waals surface area contributed by atoms with Crippen LogP contribution in [-0.4, -0.2) is 42.4 Å². The molecule has 1 aromatic heterocycles. The first kappa shape index (κ1) is 22.8. The third-order valence-electron chi connectivity index (χ3n) is 4.43. The number of hydrogen-bond acceptors (Lipinski definition) is 7. The molecule has 3 aromatic rings. The normalized spacial score (nSPS) is 11.5. The van der Waals surface area contributed by atoms with Gasteiger partial charge in [0.15, 0.2) is 4.80 Å². The van der Waals surface area contributed by atoms with Crippen molar-refractivity contribution in [2.45, 2.75) is 24.8 Å². The minimum absolute atomic E-state index is 0.0941. The first-order valence-corrected chi connectivity index (χ1v) is 11.3. The molecule has 2 aromatic carbocycles. The number of hydrogen-bond donors (Lipinski definition) is 0. The van der Waals surface area contributed by atoms with Crippen molar-refractivity contribution in [3.63, 3.8) is 0 Å². The highest BCUT2D eigenvalue weighted by Crippen LogP contribution is 2.21. The number of ether oxygens (including phenoxy) is 2. The zero-order chi connectivity index (χ0) is 22.4. The van der Waals surface area contributed by atoms with Crippen LogP contribution < -0.4 is 4.80 Å². The van der Waals surface area contributed by atoms with Gasteiger partial charge >= 0.3 is 11.9 Å². The Morgan fingerprint density at radius 1 is 1.06 bits per heavy atom. The van der Waals surface area contributed by atoms with Gasteiger partial charge in [0.2, 0.25) is 0 Å². The Morgan fingerprint density at radius 2 is 1.81 bits per heavy atom. The molecule has 9 heteroatoms. The molecule has 0 aliphatic rings. The first-order chi connectivity index (χ1) is 14.9. The maximum Gasteiger partial charge on any atom is 0.337 e. The van der Waals surface area contributed by atoms with Crippen LogP contribution in [0.5, 0.6) is 0 Å². The van der Waals surface area contributed by atoms with Gasteiger partial charge in [0.1, 0.15) is 6.54 Å². The number of nitrogens with zero attached hydrogens (tertiary/aromatic N) is 2. The molecule has 0 unspecified atom stereocenters. The van der Waals surface area contributed by atoms with Crippen molar-refractivity contribution in [2.24, 2.45) is 4.99 Å². The van der Waals surface area contributed by atoms with Crippen LogP contribution in [0.15, 0.2) is 52.4 Å². The van der Waals surface area contributed by atoms with Crippen LogP contribution in [0.2, 0.25) is 0 Å². The van der Waals surface area contributed by atoms with Crippen molar-refractivity contribution in [3.05, 3.63) is 58.4 Å². The standard InChI is InChI=1S/C22H22N2O5S2/c1-4-30-16-8-5-14(6-9-16)11-19(25)23-22-24(13-20(26)28-2)17-10-7-15(21(27)29-3)12-18(17)31-22/h5-10,12H,4,11,13H2,1-3H3. The number of amides is 1. The number of thioether (sulfide) groups is 1. The number of esters is 2. The molecular formula is C22H22N2O5S2. The molecular weight excluding hydrogens is 436 g/mol. The average molecular weight is 459 g/mol. The van der Waals surface area contributed by atoms with Crippen molar-refractivity contribution in [1.82, 2.24) is 4.57 Å². The molecule has 0 saturated carbocycles. The summed E-state index contributed by atoms with van der Waals surface area (Å²) in [6, 6.07) is 12.8. The van der Waals surface area contributed by atoms with Gasteiger partial charge < -0.3 is 14.0 Å². The maximum absolute atomic E-state index is 12.6. The molecule has 0 saturated heterocycles. The second kappa shape index (κ2) is 10.4. The van der Waals surface area contributed by atoms with Crippen LogP contribution in [0.25, 0.3) is 10.2 Å². The van der Waals surface area contributed by atoms with E-state index in [4.69, 9.17) is 9.47 Å². The molecule has 0 atom stereocenters. The SMILES string of the molecule is CCSc1ccc(CC(=O)N=c2sc3cc(C(=O)OC)ccc3n2CC(=O)OC)cc1. The summed E-state index contributed by atoms with van der Waals surface area (Å²) in [5, 5.41) is 0. The summed E-state index contributed by atoms with van der Waals surface area (Å²) in [5.41, 5.74) is 1.92. The number of benzene rings is 2. The molecule has 0 fully saturated rings. The smallest absolute Gasteiger partial charge is 0.337 e. The fourth-order valence-corrected chi connectivity index (χ4v) is 4.69. The monoisotopic (exact) mass is 458 g/mol. The van der Waals surface area contributed by atoms with Crippen molar-refractivity contribution in [1.29, 1.82) is 0 Å². The number of fused-ring (bicyclic) bond motifs is 1. The van der Waals surface area contributed by atoms with Crippen LogP contribution in [0.4, 0.5) is 0 Å². The average Bonchev–Trinajstić information content (AvgIpc) is 3.10. The quantitative estimate of drug-likeness (QED) is 0.398. The minimum Gasteiger partial charge on any atom is -0.468 e. The topological polar surface area (TPSA) is 87.0 Å². The lowest BCUT2D eigenvalue weighted by Crippen LogP contribution is -2.22. The summed E-state index contributed by atoms with van der Waals surface area (Å²) in [6.07, 6.45) is 0.150. The Balaban J connectivity index is 1.96. The molecule has 7 nitrogen and oxygen atoms in total. The largest absolute Gasteiger partial charge is 0.468 e. The van der Waals surface area contributed by atoms with Crippen LogP contribution in [-0.2, 0) is 32.0 Å². The highest BCUT2D eigenvalue weighted by molar-refractivity contribution is 7.99. The molecule has 0 aliphatic carbocycles. The molecule has 0 bridgehead atoms. The van der Waals surface area contributed by atoms with Gasteiger partial charge in [0.05, 0.1) is 36.4 Å². The van der Waals surface area contributed by atoms with Gasteiger partial charge in [-0.2, -0.15) is 4.99 Å². The van der Waals surface area contributed by atoms with Crippen molar-refractivity contribution < 1.29 is 23.9 Å². The maximum atomic E-state index is 12.6. The molecule has 162 valence electrons. The van der Waals surface area contributed by atoms with Crippen LogP contribution in [0.3, 0.4) is 0 Å². The molecule has 0 aliphatic heterocycles. The number of carbonyl (C=O) groups is 3. The number of methoxy groups -OCH3 is 2. The van der Waals surface area contributed by atoms with Gasteiger partial charge in [0, 0.05) is 4.90 Å². The number of aromatic nitrogens is 1. The molecule has 0 N–H and O–H groups in total. The molecule has 0 radical (unpaired) electrons. The third-order valence-corrected chi connectivity index (χ3v) is 6.36. The van der Waals surface area contributed by atoms with E-state index in [0.29, 0.717) is 20.6 Å². The predicted octanol–water partition coefficient (Wildman–Crippen LogP) is 3.44. The van der Waals surface area contributed by atoms with Crippen molar-refractivity contribution in [3.8, 4) is 0 Å². The summed E-state index contributed by atoms with van der Waals surface area (Å²) < 4.78 is 11.9. The Labute approximate surface area is 187 Å². The van der Waals surface area contributed by atoms with Crippen molar-refractivity contribution in [2.75, 3.05) is 20.0 Å². The summed E-state index contributed by atoms with van der Waals surface area (Å²) in [6.45, 7) is 1.99. The fraction of sp³-hybridized carbons (Fsp3) is 0.273. The van der Waals surface area contributed by atoms with E-state index in [9.17, 15) is 14.4 Å². The lowest BCUT2D eigenvalue weighted by Gasteiger charge is -2.04. The van der Waals surface area contributed by atoms with Crippen molar-refractivity contribution >= 4 is 51.2 Å². The molecule has 0 spiro atoms. The molecule has 1 heterocycles. The van der Waals surface area contributed by atoms with E-state index in [-0.39, 0.29) is 18.9 Å². The Kier molecular flexibility index (Phi) is 7.64. The highest BCUT2D eigenvalue weighted by atomic mass is 32.2. The zero-order valence-corrected chi connectivity index (χ0v) is 19.0. The van der Waals surface area contributed by atoms with E-state index >= 15 is 0 Å². The van der Waals surface area contributed by atoms with Gasteiger partial charge in [-0.05, 0) is 41.6 Å². The molecule has 3 rings (SSSR count). The van der Waals surface area contributed by atoms with E-state index in [1.165, 1.54) is 25.6 Å². The minimum atomic E-state index is -0.464. The second-order valence-electron chi connectivity index (χ2n) is 6.48. The predicted molar refractivity (Wildman–Crippen MR) is 120 cm³/mol. The molecule has 1 amide bonds. The fourth-order valence-electron chi connectivity index (χ4n) is 2.94. The lowest BCUT2D eigenvalue weighted by atomic mass is 10.1. The Bertz CT molecular complexity index is 1180.